The molecule has 0 aliphatic carbocycles. The summed E-state index contributed by atoms with van der Waals surface area (Å²) in [5, 5.41) is 14.3. The first kappa shape index (κ1) is 15.9. The van der Waals surface area contributed by atoms with Gasteiger partial charge in [-0.3, -0.25) is 4.79 Å². The summed E-state index contributed by atoms with van der Waals surface area (Å²) >= 11 is 5.64. The maximum absolute atomic E-state index is 13.5. The maximum Gasteiger partial charge on any atom is 0.234 e. The van der Waals surface area contributed by atoms with Gasteiger partial charge < -0.3 is 15.7 Å². The topological polar surface area (TPSA) is 61.4 Å². The Morgan fingerprint density at radius 3 is 2.95 bits per heavy atom. The summed E-state index contributed by atoms with van der Waals surface area (Å²) in [4.78, 5) is 11.5. The van der Waals surface area contributed by atoms with Gasteiger partial charge in [0.05, 0.1) is 11.6 Å². The highest BCUT2D eigenvalue weighted by atomic mass is 35.5. The summed E-state index contributed by atoms with van der Waals surface area (Å²) in [6.07, 6.45) is 0.580. The second-order valence-corrected chi connectivity index (χ2v) is 4.69. The van der Waals surface area contributed by atoms with Crippen LogP contribution in [0, 0.1) is 5.82 Å². The molecule has 1 rings (SSSR count). The van der Waals surface area contributed by atoms with Crippen molar-refractivity contribution in [2.75, 3.05) is 13.2 Å². The maximum atomic E-state index is 13.5. The Balaban J connectivity index is 2.36. The van der Waals surface area contributed by atoms with Gasteiger partial charge in [-0.25, -0.2) is 4.39 Å². The van der Waals surface area contributed by atoms with Crippen LogP contribution in [-0.4, -0.2) is 30.2 Å². The van der Waals surface area contributed by atoms with E-state index in [4.69, 9.17) is 16.7 Å². The monoisotopic (exact) mass is 288 g/mol. The molecule has 1 atom stereocenters. The van der Waals surface area contributed by atoms with E-state index in [1.807, 2.05) is 6.92 Å². The molecule has 3 N–H and O–H groups in total. The van der Waals surface area contributed by atoms with Crippen molar-refractivity contribution in [2.24, 2.45) is 0 Å². The van der Waals surface area contributed by atoms with Gasteiger partial charge in [0.25, 0.3) is 0 Å². The lowest BCUT2D eigenvalue weighted by atomic mass is 10.2. The van der Waals surface area contributed by atoms with Crippen LogP contribution in [0.2, 0.25) is 5.02 Å². The number of rotatable bonds is 7. The lowest BCUT2D eigenvalue weighted by molar-refractivity contribution is -0.120. The molecule has 0 aliphatic heterocycles. The van der Waals surface area contributed by atoms with Gasteiger partial charge in [-0.2, -0.15) is 0 Å². The molecular weight excluding hydrogens is 271 g/mol. The third-order valence-corrected chi connectivity index (χ3v) is 2.97. The van der Waals surface area contributed by atoms with Crippen LogP contribution in [-0.2, 0) is 11.3 Å². The van der Waals surface area contributed by atoms with Crippen LogP contribution in [0.1, 0.15) is 18.9 Å². The van der Waals surface area contributed by atoms with Gasteiger partial charge in [0.1, 0.15) is 5.82 Å². The van der Waals surface area contributed by atoms with Crippen LogP contribution in [0.25, 0.3) is 0 Å². The fourth-order valence-corrected chi connectivity index (χ4v) is 1.70. The summed E-state index contributed by atoms with van der Waals surface area (Å²) in [6.45, 7) is 2.17. The molecule has 0 bridgehead atoms. The number of aliphatic hydroxyl groups is 1. The molecule has 0 radical (unpaired) electrons. The quantitative estimate of drug-likeness (QED) is 0.712. The van der Waals surface area contributed by atoms with Crippen molar-refractivity contribution in [1.82, 2.24) is 10.6 Å². The zero-order valence-electron chi connectivity index (χ0n) is 10.7. The number of aliphatic hydroxyl groups excluding tert-OH is 1. The van der Waals surface area contributed by atoms with E-state index >= 15 is 0 Å². The zero-order chi connectivity index (χ0) is 14.3. The van der Waals surface area contributed by atoms with Crippen LogP contribution in [0.5, 0.6) is 0 Å². The molecule has 4 nitrogen and oxygen atoms in total. The average Bonchev–Trinajstić information content (AvgIpc) is 2.38. The number of nitrogens with one attached hydrogen (secondary N) is 2. The smallest absolute Gasteiger partial charge is 0.234 e. The van der Waals surface area contributed by atoms with E-state index < -0.39 is 5.82 Å². The van der Waals surface area contributed by atoms with Gasteiger partial charge in [0, 0.05) is 24.8 Å². The van der Waals surface area contributed by atoms with E-state index in [1.54, 1.807) is 12.1 Å². The second-order valence-electron chi connectivity index (χ2n) is 4.28. The average molecular weight is 289 g/mol. The molecule has 0 saturated carbocycles. The fourth-order valence-electron chi connectivity index (χ4n) is 1.50. The minimum atomic E-state index is -0.508. The number of hydrogen-bond donors (Lipinski definition) is 3. The predicted octanol–water partition coefficient (Wildman–Crippen LogP) is 1.46. The SMILES string of the molecule is C[C@@H](CCO)NCC(=O)NCc1cccc(Cl)c1F. The number of amides is 1. The van der Waals surface area contributed by atoms with Gasteiger partial charge in [-0.1, -0.05) is 23.7 Å². The Morgan fingerprint density at radius 1 is 1.53 bits per heavy atom. The number of benzene rings is 1. The van der Waals surface area contributed by atoms with Crippen molar-refractivity contribution in [3.8, 4) is 0 Å². The van der Waals surface area contributed by atoms with Crippen molar-refractivity contribution in [2.45, 2.75) is 25.9 Å². The molecule has 0 heterocycles. The summed E-state index contributed by atoms with van der Waals surface area (Å²) in [5.41, 5.74) is 0.351. The van der Waals surface area contributed by atoms with Crippen molar-refractivity contribution in [3.63, 3.8) is 0 Å². The molecule has 6 heteroatoms. The Kier molecular flexibility index (Phi) is 6.77. The van der Waals surface area contributed by atoms with E-state index in [2.05, 4.69) is 10.6 Å². The van der Waals surface area contributed by atoms with Crippen LogP contribution in [0.4, 0.5) is 4.39 Å². The molecule has 0 fully saturated rings. The van der Waals surface area contributed by atoms with Crippen LogP contribution in [0.3, 0.4) is 0 Å². The summed E-state index contributed by atoms with van der Waals surface area (Å²) in [7, 11) is 0. The van der Waals surface area contributed by atoms with Gasteiger partial charge in [0.2, 0.25) is 5.91 Å². The molecule has 0 unspecified atom stereocenters. The van der Waals surface area contributed by atoms with Crippen molar-refractivity contribution < 1.29 is 14.3 Å². The zero-order valence-corrected chi connectivity index (χ0v) is 11.5. The molecule has 0 aliphatic rings. The standard InChI is InChI=1S/C13H18ClFN2O2/c1-9(5-6-18)16-8-12(19)17-7-10-3-2-4-11(14)13(10)15/h2-4,9,16,18H,5-8H2,1H3,(H,17,19)/t9-/m0/s1. The van der Waals surface area contributed by atoms with E-state index in [9.17, 15) is 9.18 Å². The third-order valence-electron chi connectivity index (χ3n) is 2.68. The Morgan fingerprint density at radius 2 is 2.26 bits per heavy atom. The number of carbonyl (C=O) groups is 1. The molecule has 0 saturated heterocycles. The van der Waals surface area contributed by atoms with Gasteiger partial charge in [0.15, 0.2) is 0 Å². The molecule has 19 heavy (non-hydrogen) atoms. The van der Waals surface area contributed by atoms with E-state index in [1.165, 1.54) is 6.07 Å². The fraction of sp³-hybridized carbons (Fsp3) is 0.462. The second kappa shape index (κ2) is 8.09. The largest absolute Gasteiger partial charge is 0.396 e. The van der Waals surface area contributed by atoms with Gasteiger partial charge >= 0.3 is 0 Å². The highest BCUT2D eigenvalue weighted by Gasteiger charge is 2.08. The first-order valence-electron chi connectivity index (χ1n) is 6.08. The van der Waals surface area contributed by atoms with Crippen LogP contribution >= 0.6 is 11.6 Å². The number of carbonyl (C=O) groups excluding carboxylic acids is 1. The molecule has 106 valence electrons. The van der Waals surface area contributed by atoms with Crippen LogP contribution < -0.4 is 10.6 Å². The first-order chi connectivity index (χ1) is 9.04. The molecule has 0 spiro atoms. The highest BCUT2D eigenvalue weighted by Crippen LogP contribution is 2.17. The summed E-state index contributed by atoms with van der Waals surface area (Å²) in [5.74, 6) is -0.741. The van der Waals surface area contributed by atoms with Crippen molar-refractivity contribution in [3.05, 3.63) is 34.6 Å². The molecule has 0 aromatic heterocycles. The lowest BCUT2D eigenvalue weighted by Gasteiger charge is -2.12. The molecular formula is C13H18ClFN2O2. The Labute approximate surface area is 117 Å². The number of halogens is 2. The molecule has 1 aromatic rings. The Hall–Kier alpha value is -1.17. The van der Waals surface area contributed by atoms with Crippen molar-refractivity contribution in [1.29, 1.82) is 0 Å². The minimum absolute atomic E-state index is 0.0430. The van der Waals surface area contributed by atoms with Gasteiger partial charge in [-0.05, 0) is 19.4 Å². The predicted molar refractivity (Wildman–Crippen MR) is 72.4 cm³/mol. The van der Waals surface area contributed by atoms with E-state index in [-0.39, 0.29) is 36.7 Å². The Bertz CT molecular complexity index is 429. The van der Waals surface area contributed by atoms with Gasteiger partial charge in [-0.15, -0.1) is 0 Å². The summed E-state index contributed by atoms with van der Waals surface area (Å²) < 4.78 is 13.5. The van der Waals surface area contributed by atoms with Crippen molar-refractivity contribution >= 4 is 17.5 Å². The van der Waals surface area contributed by atoms with E-state index in [0.29, 0.717) is 12.0 Å². The highest BCUT2D eigenvalue weighted by molar-refractivity contribution is 6.30. The number of hydrogen-bond acceptors (Lipinski definition) is 3. The first-order valence-corrected chi connectivity index (χ1v) is 6.46. The lowest BCUT2D eigenvalue weighted by Crippen LogP contribution is -2.38. The normalized spacial score (nSPS) is 12.2. The summed E-state index contributed by atoms with van der Waals surface area (Å²) in [6, 6.07) is 4.72. The third kappa shape index (κ3) is 5.55. The molecule has 1 aromatic carbocycles. The van der Waals surface area contributed by atoms with Crippen LogP contribution in [0.15, 0.2) is 18.2 Å². The molecule has 1 amide bonds. The van der Waals surface area contributed by atoms with E-state index in [0.717, 1.165) is 0 Å². The minimum Gasteiger partial charge on any atom is -0.396 e.